The second-order valence-corrected chi connectivity index (χ2v) is 8.48. The quantitative estimate of drug-likeness (QED) is 0.344. The van der Waals surface area contributed by atoms with Crippen LogP contribution in [0.5, 0.6) is 0 Å². The van der Waals surface area contributed by atoms with E-state index in [2.05, 4.69) is 4.98 Å². The van der Waals surface area contributed by atoms with Crippen LogP contribution >= 0.6 is 22.9 Å². The van der Waals surface area contributed by atoms with E-state index < -0.39 is 23.5 Å². The van der Waals surface area contributed by atoms with Crippen molar-refractivity contribution in [3.8, 4) is 0 Å². The molecule has 1 fully saturated rings. The Morgan fingerprint density at radius 3 is 2.30 bits per heavy atom. The van der Waals surface area contributed by atoms with Crippen molar-refractivity contribution in [3.63, 3.8) is 0 Å². The molecule has 1 aliphatic rings. The van der Waals surface area contributed by atoms with Crippen molar-refractivity contribution in [1.29, 1.82) is 0 Å². The van der Waals surface area contributed by atoms with Gasteiger partial charge in [0.05, 0.1) is 17.3 Å². The zero-order chi connectivity index (χ0) is 21.6. The fraction of sp³-hybridized carbons (Fsp3) is 0.136. The highest BCUT2D eigenvalue weighted by atomic mass is 35.5. The molecule has 0 spiro atoms. The topological polar surface area (TPSA) is 70.5 Å². The Bertz CT molecular complexity index is 1170. The van der Waals surface area contributed by atoms with Gasteiger partial charge in [0.25, 0.3) is 5.78 Å². The highest BCUT2D eigenvalue weighted by Gasteiger charge is 2.48. The molecule has 1 atom stereocenters. The van der Waals surface area contributed by atoms with E-state index in [9.17, 15) is 19.1 Å². The van der Waals surface area contributed by atoms with Gasteiger partial charge in [-0.15, -0.1) is 11.3 Å². The van der Waals surface area contributed by atoms with Gasteiger partial charge in [0.2, 0.25) is 0 Å². The number of aryl methyl sites for hydroxylation is 2. The van der Waals surface area contributed by atoms with Crippen LogP contribution in [0.15, 0.2) is 54.1 Å². The summed E-state index contributed by atoms with van der Waals surface area (Å²) in [5, 5.41) is 11.8. The number of carbonyl (C=O) groups excluding carboxylic acids is 2. The fourth-order valence-corrected chi connectivity index (χ4v) is 4.37. The third kappa shape index (κ3) is 3.40. The molecule has 1 aliphatic heterocycles. The molecule has 1 N–H and O–H groups in total. The highest BCUT2D eigenvalue weighted by Crippen LogP contribution is 2.43. The lowest BCUT2D eigenvalue weighted by atomic mass is 9.95. The summed E-state index contributed by atoms with van der Waals surface area (Å²) in [6.45, 7) is 3.68. The molecule has 152 valence electrons. The summed E-state index contributed by atoms with van der Waals surface area (Å²) < 4.78 is 13.5. The van der Waals surface area contributed by atoms with Crippen molar-refractivity contribution in [2.24, 2.45) is 0 Å². The van der Waals surface area contributed by atoms with E-state index in [-0.39, 0.29) is 11.3 Å². The van der Waals surface area contributed by atoms with Crippen LogP contribution in [0, 0.1) is 19.7 Å². The number of thiazole rings is 1. The number of rotatable bonds is 3. The van der Waals surface area contributed by atoms with Gasteiger partial charge in [-0.05, 0) is 55.8 Å². The Hall–Kier alpha value is -3.03. The lowest BCUT2D eigenvalue weighted by Gasteiger charge is -2.23. The summed E-state index contributed by atoms with van der Waals surface area (Å²) >= 11 is 7.19. The lowest BCUT2D eigenvalue weighted by molar-refractivity contribution is -0.132. The highest BCUT2D eigenvalue weighted by molar-refractivity contribution is 7.16. The molecule has 2 heterocycles. The first kappa shape index (κ1) is 20.3. The number of benzene rings is 2. The van der Waals surface area contributed by atoms with Gasteiger partial charge in [0.1, 0.15) is 11.6 Å². The normalized spacial score (nSPS) is 18.3. The maximum Gasteiger partial charge on any atom is 0.301 e. The molecule has 8 heteroatoms. The number of Topliss-reactive ketones (excluding diaryl/α,β-unsaturated/α-hetero) is 1. The number of halogens is 2. The third-order valence-corrected chi connectivity index (χ3v) is 6.30. The zero-order valence-electron chi connectivity index (χ0n) is 16.0. The van der Waals surface area contributed by atoms with Crippen LogP contribution in [0.3, 0.4) is 0 Å². The minimum atomic E-state index is -0.939. The Labute approximate surface area is 181 Å². The van der Waals surface area contributed by atoms with E-state index in [1.54, 1.807) is 24.3 Å². The molecule has 0 unspecified atom stereocenters. The Morgan fingerprint density at radius 2 is 1.73 bits per heavy atom. The molecule has 30 heavy (non-hydrogen) atoms. The summed E-state index contributed by atoms with van der Waals surface area (Å²) in [5.41, 5.74) is 1.49. The van der Waals surface area contributed by atoms with Crippen molar-refractivity contribution in [3.05, 3.63) is 86.6 Å². The molecule has 0 saturated carbocycles. The number of hydrogen-bond donors (Lipinski definition) is 1. The molecule has 0 radical (unpaired) electrons. The van der Waals surface area contributed by atoms with E-state index in [1.165, 1.54) is 40.5 Å². The van der Waals surface area contributed by atoms with Crippen LogP contribution in [0.2, 0.25) is 5.02 Å². The number of ketones is 1. The monoisotopic (exact) mass is 442 g/mol. The minimum absolute atomic E-state index is 0.0839. The Kier molecular flexibility index (Phi) is 5.17. The van der Waals surface area contributed by atoms with Crippen molar-refractivity contribution < 1.29 is 19.1 Å². The van der Waals surface area contributed by atoms with Crippen molar-refractivity contribution in [2.45, 2.75) is 19.9 Å². The minimum Gasteiger partial charge on any atom is -0.507 e. The summed E-state index contributed by atoms with van der Waals surface area (Å²) in [6.07, 6.45) is 0. The number of anilines is 1. The summed E-state index contributed by atoms with van der Waals surface area (Å²) in [4.78, 5) is 32.6. The van der Waals surface area contributed by atoms with Crippen LogP contribution in [-0.2, 0) is 9.59 Å². The molecule has 2 aromatic carbocycles. The first-order valence-electron chi connectivity index (χ1n) is 9.04. The van der Waals surface area contributed by atoms with Crippen LogP contribution in [-0.4, -0.2) is 21.8 Å². The van der Waals surface area contributed by atoms with Gasteiger partial charge in [-0.25, -0.2) is 9.37 Å². The predicted octanol–water partition coefficient (Wildman–Crippen LogP) is 5.18. The molecule has 1 saturated heterocycles. The Balaban J connectivity index is 1.94. The van der Waals surface area contributed by atoms with Crippen molar-refractivity contribution in [2.75, 3.05) is 4.90 Å². The van der Waals surface area contributed by atoms with Crippen LogP contribution in [0.4, 0.5) is 9.52 Å². The van der Waals surface area contributed by atoms with E-state index in [4.69, 9.17) is 11.6 Å². The van der Waals surface area contributed by atoms with Crippen LogP contribution in [0.25, 0.3) is 5.76 Å². The number of aliphatic hydroxyl groups is 1. The molecular weight excluding hydrogens is 427 g/mol. The second kappa shape index (κ2) is 7.66. The number of carbonyl (C=O) groups is 2. The van der Waals surface area contributed by atoms with E-state index in [1.807, 2.05) is 13.8 Å². The summed E-state index contributed by atoms with van der Waals surface area (Å²) in [6, 6.07) is 10.8. The summed E-state index contributed by atoms with van der Waals surface area (Å²) in [5.74, 6) is -2.41. The first-order valence-corrected chi connectivity index (χ1v) is 10.2. The first-order chi connectivity index (χ1) is 14.3. The molecule has 3 aromatic rings. The number of nitrogens with zero attached hydrogens (tertiary/aromatic N) is 2. The smallest absolute Gasteiger partial charge is 0.301 e. The molecule has 4 rings (SSSR count). The van der Waals surface area contributed by atoms with Crippen molar-refractivity contribution in [1.82, 2.24) is 4.98 Å². The van der Waals surface area contributed by atoms with Gasteiger partial charge in [-0.2, -0.15) is 0 Å². The standard InChI is InChI=1S/C22H16ClFN2O3S/c1-11-12(2)30-22(25-11)26-18(13-5-9-16(24)10-6-13)17(20(28)21(26)29)19(27)14-3-7-15(23)8-4-14/h3-10,18,27H,1-2H3/t18-/m0/s1. The molecule has 5 nitrogen and oxygen atoms in total. The molecule has 1 amide bonds. The van der Waals surface area contributed by atoms with Crippen molar-refractivity contribution >= 4 is 45.5 Å². The van der Waals surface area contributed by atoms with Crippen LogP contribution < -0.4 is 4.90 Å². The van der Waals surface area contributed by atoms with Gasteiger partial charge < -0.3 is 5.11 Å². The van der Waals surface area contributed by atoms with Crippen LogP contribution in [0.1, 0.15) is 27.7 Å². The lowest BCUT2D eigenvalue weighted by Crippen LogP contribution is -2.29. The number of aliphatic hydroxyl groups excluding tert-OH is 1. The fourth-order valence-electron chi connectivity index (χ4n) is 3.31. The molecule has 0 bridgehead atoms. The largest absolute Gasteiger partial charge is 0.507 e. The number of amides is 1. The average molecular weight is 443 g/mol. The SMILES string of the molecule is Cc1nc(N2C(=O)C(=O)C(=C(O)c3ccc(Cl)cc3)[C@@H]2c2ccc(F)cc2)sc1C. The molecular formula is C22H16ClFN2O3S. The number of aromatic nitrogens is 1. The second-order valence-electron chi connectivity index (χ2n) is 6.87. The van der Waals surface area contributed by atoms with Gasteiger partial charge in [-0.1, -0.05) is 23.7 Å². The average Bonchev–Trinajstić information content (AvgIpc) is 3.18. The van der Waals surface area contributed by atoms with Gasteiger partial charge in [0, 0.05) is 15.5 Å². The van der Waals surface area contributed by atoms with E-state index >= 15 is 0 Å². The van der Waals surface area contributed by atoms with Gasteiger partial charge in [0.15, 0.2) is 5.13 Å². The Morgan fingerprint density at radius 1 is 1.10 bits per heavy atom. The molecule has 1 aromatic heterocycles. The van der Waals surface area contributed by atoms with Gasteiger partial charge in [-0.3, -0.25) is 14.5 Å². The maximum absolute atomic E-state index is 13.5. The number of hydrogen-bond acceptors (Lipinski definition) is 5. The maximum atomic E-state index is 13.5. The van der Waals surface area contributed by atoms with Gasteiger partial charge >= 0.3 is 5.91 Å². The summed E-state index contributed by atoms with van der Waals surface area (Å²) in [7, 11) is 0. The third-order valence-electron chi connectivity index (χ3n) is 4.97. The predicted molar refractivity (Wildman–Crippen MR) is 114 cm³/mol. The van der Waals surface area contributed by atoms with E-state index in [0.717, 1.165) is 10.6 Å². The van der Waals surface area contributed by atoms with E-state index in [0.29, 0.717) is 21.3 Å². The zero-order valence-corrected chi connectivity index (χ0v) is 17.6. The molecule has 0 aliphatic carbocycles.